The molecule has 0 saturated heterocycles. The van der Waals surface area contributed by atoms with E-state index in [1.165, 1.54) is 0 Å². The Balaban J connectivity index is 2.67. The van der Waals surface area contributed by atoms with Gasteiger partial charge in [0.25, 0.3) is 5.91 Å². The van der Waals surface area contributed by atoms with E-state index in [0.717, 1.165) is 0 Å². The molecule has 3 heteroatoms. The Hall–Kier alpha value is -1.79. The third-order valence-corrected chi connectivity index (χ3v) is 2.10. The van der Waals surface area contributed by atoms with Crippen molar-refractivity contribution < 1.29 is 9.90 Å². The van der Waals surface area contributed by atoms with Crippen LogP contribution < -0.4 is 5.32 Å². The van der Waals surface area contributed by atoms with E-state index in [0.29, 0.717) is 11.3 Å². The van der Waals surface area contributed by atoms with Gasteiger partial charge in [-0.2, -0.15) is 0 Å². The van der Waals surface area contributed by atoms with Gasteiger partial charge in [0.2, 0.25) is 5.60 Å². The van der Waals surface area contributed by atoms with Gasteiger partial charge < -0.3 is 10.4 Å². The number of hydrogen-bond acceptors (Lipinski definition) is 2. The SMILES string of the molecule is C#C[C@@]1(O)C(=O)Nc2ccccc21. The molecule has 0 saturated carbocycles. The summed E-state index contributed by atoms with van der Waals surface area (Å²) in [6, 6.07) is 6.82. The van der Waals surface area contributed by atoms with E-state index in [1.807, 2.05) is 0 Å². The molecule has 0 aromatic heterocycles. The van der Waals surface area contributed by atoms with Gasteiger partial charge in [-0.05, 0) is 6.07 Å². The van der Waals surface area contributed by atoms with Crippen LogP contribution in [0, 0.1) is 12.3 Å². The Morgan fingerprint density at radius 1 is 1.46 bits per heavy atom. The Kier molecular flexibility index (Phi) is 1.42. The van der Waals surface area contributed by atoms with E-state index in [2.05, 4.69) is 11.2 Å². The number of anilines is 1. The van der Waals surface area contributed by atoms with Crippen molar-refractivity contribution in [2.24, 2.45) is 0 Å². The van der Waals surface area contributed by atoms with Crippen molar-refractivity contribution in [3.8, 4) is 12.3 Å². The zero-order valence-corrected chi connectivity index (χ0v) is 6.74. The maximum absolute atomic E-state index is 11.3. The number of fused-ring (bicyclic) bond motifs is 1. The number of nitrogens with one attached hydrogen (secondary N) is 1. The quantitative estimate of drug-likeness (QED) is 0.560. The molecular weight excluding hydrogens is 166 g/mol. The Labute approximate surface area is 75.4 Å². The number of aliphatic hydroxyl groups is 1. The van der Waals surface area contributed by atoms with E-state index < -0.39 is 11.5 Å². The molecule has 1 heterocycles. The summed E-state index contributed by atoms with van der Waals surface area (Å²) >= 11 is 0. The molecule has 1 atom stereocenters. The monoisotopic (exact) mass is 173 g/mol. The van der Waals surface area contributed by atoms with E-state index in [-0.39, 0.29) is 0 Å². The molecule has 13 heavy (non-hydrogen) atoms. The second-order valence-corrected chi connectivity index (χ2v) is 2.85. The van der Waals surface area contributed by atoms with Gasteiger partial charge in [-0.25, -0.2) is 0 Å². The average molecular weight is 173 g/mol. The predicted molar refractivity (Wildman–Crippen MR) is 47.8 cm³/mol. The predicted octanol–water partition coefficient (Wildman–Crippen LogP) is 0.460. The first-order chi connectivity index (χ1) is 6.18. The maximum Gasteiger partial charge on any atom is 0.274 e. The lowest BCUT2D eigenvalue weighted by molar-refractivity contribution is -0.128. The van der Waals surface area contributed by atoms with Crippen molar-refractivity contribution in [2.45, 2.75) is 5.60 Å². The van der Waals surface area contributed by atoms with Crippen LogP contribution >= 0.6 is 0 Å². The first-order valence-corrected chi connectivity index (χ1v) is 3.79. The molecule has 1 aliphatic heterocycles. The smallest absolute Gasteiger partial charge is 0.274 e. The third kappa shape index (κ3) is 0.865. The van der Waals surface area contributed by atoms with Crippen LogP contribution in [0.25, 0.3) is 0 Å². The minimum Gasteiger partial charge on any atom is -0.366 e. The summed E-state index contributed by atoms with van der Waals surface area (Å²) in [4.78, 5) is 11.3. The molecule has 3 nitrogen and oxygen atoms in total. The van der Waals surface area contributed by atoms with E-state index in [4.69, 9.17) is 6.42 Å². The molecule has 64 valence electrons. The number of amides is 1. The minimum atomic E-state index is -1.80. The maximum atomic E-state index is 11.3. The molecule has 1 aromatic rings. The van der Waals surface area contributed by atoms with Gasteiger partial charge in [0.05, 0.1) is 0 Å². The van der Waals surface area contributed by atoms with Crippen molar-refractivity contribution in [3.63, 3.8) is 0 Å². The molecule has 0 spiro atoms. The van der Waals surface area contributed by atoms with Crippen molar-refractivity contribution in [1.29, 1.82) is 0 Å². The molecule has 1 aromatic carbocycles. The molecule has 1 amide bonds. The summed E-state index contributed by atoms with van der Waals surface area (Å²) in [6.45, 7) is 0. The molecule has 2 N–H and O–H groups in total. The summed E-state index contributed by atoms with van der Waals surface area (Å²) in [6.07, 6.45) is 5.11. The Bertz CT molecular complexity index is 419. The first-order valence-electron chi connectivity index (χ1n) is 3.79. The number of para-hydroxylation sites is 1. The number of terminal acetylenes is 1. The van der Waals surface area contributed by atoms with Crippen LogP contribution in [0.15, 0.2) is 24.3 Å². The number of carbonyl (C=O) groups is 1. The molecule has 2 rings (SSSR count). The van der Waals surface area contributed by atoms with Gasteiger partial charge >= 0.3 is 0 Å². The van der Waals surface area contributed by atoms with Crippen LogP contribution in [0.2, 0.25) is 0 Å². The van der Waals surface area contributed by atoms with Crippen LogP contribution in [0.1, 0.15) is 5.56 Å². The summed E-state index contributed by atoms with van der Waals surface area (Å²) in [5.41, 5.74) is -0.771. The molecular formula is C10H7NO2. The zero-order chi connectivity index (χ0) is 9.47. The van der Waals surface area contributed by atoms with Crippen LogP contribution in [-0.4, -0.2) is 11.0 Å². The van der Waals surface area contributed by atoms with Gasteiger partial charge in [-0.15, -0.1) is 6.42 Å². The summed E-state index contributed by atoms with van der Waals surface area (Å²) in [5, 5.41) is 12.3. The standard InChI is InChI=1S/C10H7NO2/c1-2-10(13)7-5-3-4-6-8(7)11-9(10)12/h1,3-6,13H,(H,11,12)/t10-/m0/s1. The van der Waals surface area contributed by atoms with Crippen molar-refractivity contribution >= 4 is 11.6 Å². The van der Waals surface area contributed by atoms with Gasteiger partial charge in [0, 0.05) is 11.3 Å². The van der Waals surface area contributed by atoms with Crippen molar-refractivity contribution in [2.75, 3.05) is 5.32 Å². The van der Waals surface area contributed by atoms with E-state index >= 15 is 0 Å². The number of carbonyl (C=O) groups excluding carboxylic acids is 1. The summed E-state index contributed by atoms with van der Waals surface area (Å²) in [7, 11) is 0. The Morgan fingerprint density at radius 3 is 2.85 bits per heavy atom. The lowest BCUT2D eigenvalue weighted by atomic mass is 9.97. The molecule has 0 fully saturated rings. The number of hydrogen-bond donors (Lipinski definition) is 2. The van der Waals surface area contributed by atoms with E-state index in [9.17, 15) is 9.90 Å². The van der Waals surface area contributed by atoms with Gasteiger partial charge in [-0.1, -0.05) is 24.1 Å². The largest absolute Gasteiger partial charge is 0.366 e. The lowest BCUT2D eigenvalue weighted by Gasteiger charge is -2.11. The fourth-order valence-electron chi connectivity index (χ4n) is 1.39. The number of rotatable bonds is 0. The van der Waals surface area contributed by atoms with Crippen molar-refractivity contribution in [1.82, 2.24) is 0 Å². The highest BCUT2D eigenvalue weighted by Crippen LogP contribution is 2.34. The van der Waals surface area contributed by atoms with Crippen LogP contribution in [0.5, 0.6) is 0 Å². The van der Waals surface area contributed by atoms with E-state index in [1.54, 1.807) is 24.3 Å². The second-order valence-electron chi connectivity index (χ2n) is 2.85. The summed E-state index contributed by atoms with van der Waals surface area (Å²) < 4.78 is 0. The zero-order valence-electron chi connectivity index (χ0n) is 6.74. The van der Waals surface area contributed by atoms with Crippen molar-refractivity contribution in [3.05, 3.63) is 29.8 Å². The lowest BCUT2D eigenvalue weighted by Crippen LogP contribution is -2.32. The normalized spacial score (nSPS) is 24.8. The van der Waals surface area contributed by atoms with Gasteiger partial charge in [0.1, 0.15) is 0 Å². The molecule has 0 unspecified atom stereocenters. The molecule has 0 bridgehead atoms. The molecule has 0 aliphatic carbocycles. The van der Waals surface area contributed by atoms with Crippen LogP contribution in [-0.2, 0) is 10.4 Å². The molecule has 0 radical (unpaired) electrons. The second kappa shape index (κ2) is 2.35. The fraction of sp³-hybridized carbons (Fsp3) is 0.100. The minimum absolute atomic E-state index is 0.447. The highest BCUT2D eigenvalue weighted by Gasteiger charge is 2.43. The average Bonchev–Trinajstić information content (AvgIpc) is 2.41. The van der Waals surface area contributed by atoms with Gasteiger partial charge in [0.15, 0.2) is 0 Å². The van der Waals surface area contributed by atoms with Crippen LogP contribution in [0.3, 0.4) is 0 Å². The van der Waals surface area contributed by atoms with Gasteiger partial charge in [-0.3, -0.25) is 4.79 Å². The number of benzene rings is 1. The van der Waals surface area contributed by atoms with Crippen LogP contribution in [0.4, 0.5) is 5.69 Å². The highest BCUT2D eigenvalue weighted by atomic mass is 16.3. The highest BCUT2D eigenvalue weighted by molar-refractivity contribution is 6.07. The third-order valence-electron chi connectivity index (χ3n) is 2.10. The first kappa shape index (κ1) is 7.84. The molecule has 1 aliphatic rings. The fourth-order valence-corrected chi connectivity index (χ4v) is 1.39. The summed E-state index contributed by atoms with van der Waals surface area (Å²) in [5.74, 6) is 1.53. The Morgan fingerprint density at radius 2 is 2.15 bits per heavy atom. The topological polar surface area (TPSA) is 49.3 Å².